The molecule has 1 aliphatic carbocycles. The highest BCUT2D eigenvalue weighted by Gasteiger charge is 2.23. The lowest BCUT2D eigenvalue weighted by molar-refractivity contribution is 0.0932. The first-order chi connectivity index (χ1) is 8.19. The average molecular weight is 234 g/mol. The van der Waals surface area contributed by atoms with Crippen molar-refractivity contribution in [3.63, 3.8) is 0 Å². The first-order valence-electron chi connectivity index (χ1n) is 5.99. The van der Waals surface area contributed by atoms with Crippen LogP contribution in [0.1, 0.15) is 36.7 Å². The van der Waals surface area contributed by atoms with Crippen LogP contribution in [-0.4, -0.2) is 29.0 Å². The summed E-state index contributed by atoms with van der Waals surface area (Å²) in [6.07, 6.45) is 6.40. The lowest BCUT2D eigenvalue weighted by Crippen LogP contribution is -2.33. The van der Waals surface area contributed by atoms with Crippen molar-refractivity contribution in [1.82, 2.24) is 15.3 Å². The van der Waals surface area contributed by atoms with Gasteiger partial charge in [-0.25, -0.2) is 4.98 Å². The van der Waals surface area contributed by atoms with Gasteiger partial charge < -0.3 is 10.6 Å². The molecule has 0 bridgehead atoms. The van der Waals surface area contributed by atoms with Crippen molar-refractivity contribution in [3.05, 3.63) is 18.1 Å². The highest BCUT2D eigenvalue weighted by molar-refractivity contribution is 5.92. The van der Waals surface area contributed by atoms with Gasteiger partial charge in [0.1, 0.15) is 11.5 Å². The van der Waals surface area contributed by atoms with Crippen LogP contribution in [0.4, 0.5) is 5.82 Å². The molecule has 2 N–H and O–H groups in total. The van der Waals surface area contributed by atoms with Gasteiger partial charge in [0.15, 0.2) is 0 Å². The first-order valence-corrected chi connectivity index (χ1v) is 5.99. The van der Waals surface area contributed by atoms with E-state index in [2.05, 4.69) is 27.5 Å². The number of rotatable bonds is 3. The standard InChI is InChI=1S/C12H18N4O/c1-8-3-4-9(5-8)15-12(17)10-6-14-7-11(13-2)16-10/h6-9H,3-5H2,1-2H3,(H,13,16)(H,15,17). The van der Waals surface area contributed by atoms with E-state index in [1.807, 2.05) is 0 Å². The number of hydrogen-bond acceptors (Lipinski definition) is 4. The van der Waals surface area contributed by atoms with E-state index in [9.17, 15) is 4.79 Å². The predicted octanol–water partition coefficient (Wildman–Crippen LogP) is 1.44. The van der Waals surface area contributed by atoms with Crippen LogP contribution in [0.3, 0.4) is 0 Å². The lowest BCUT2D eigenvalue weighted by Gasteiger charge is -2.12. The van der Waals surface area contributed by atoms with E-state index < -0.39 is 0 Å². The second-order valence-electron chi connectivity index (χ2n) is 4.63. The summed E-state index contributed by atoms with van der Waals surface area (Å²) in [5.74, 6) is 1.18. The molecule has 17 heavy (non-hydrogen) atoms. The van der Waals surface area contributed by atoms with Gasteiger partial charge in [0.05, 0.1) is 12.4 Å². The van der Waals surface area contributed by atoms with Crippen molar-refractivity contribution < 1.29 is 4.79 Å². The van der Waals surface area contributed by atoms with E-state index >= 15 is 0 Å². The van der Waals surface area contributed by atoms with Crippen molar-refractivity contribution in [2.75, 3.05) is 12.4 Å². The summed E-state index contributed by atoms with van der Waals surface area (Å²) < 4.78 is 0. The van der Waals surface area contributed by atoms with E-state index in [-0.39, 0.29) is 11.9 Å². The van der Waals surface area contributed by atoms with Crippen molar-refractivity contribution in [2.45, 2.75) is 32.2 Å². The summed E-state index contributed by atoms with van der Waals surface area (Å²) in [4.78, 5) is 20.1. The third-order valence-electron chi connectivity index (χ3n) is 3.15. The van der Waals surface area contributed by atoms with Crippen LogP contribution in [-0.2, 0) is 0 Å². The molecule has 1 amide bonds. The summed E-state index contributed by atoms with van der Waals surface area (Å²) in [7, 11) is 1.75. The van der Waals surface area contributed by atoms with Gasteiger partial charge in [-0.1, -0.05) is 6.92 Å². The molecular formula is C12H18N4O. The fourth-order valence-electron chi connectivity index (χ4n) is 2.19. The maximum Gasteiger partial charge on any atom is 0.271 e. The monoisotopic (exact) mass is 234 g/mol. The minimum atomic E-state index is -0.131. The Morgan fingerprint density at radius 3 is 2.88 bits per heavy atom. The van der Waals surface area contributed by atoms with E-state index in [0.29, 0.717) is 17.4 Å². The number of carbonyl (C=O) groups excluding carboxylic acids is 1. The van der Waals surface area contributed by atoms with Crippen molar-refractivity contribution >= 4 is 11.7 Å². The van der Waals surface area contributed by atoms with Gasteiger partial charge in [0, 0.05) is 13.1 Å². The Labute approximate surface area is 101 Å². The molecule has 2 rings (SSSR count). The third-order valence-corrected chi connectivity index (χ3v) is 3.15. The molecule has 1 aromatic rings. The molecule has 5 heteroatoms. The molecule has 2 unspecified atom stereocenters. The Hall–Kier alpha value is -1.65. The van der Waals surface area contributed by atoms with Gasteiger partial charge in [-0.3, -0.25) is 9.78 Å². The Morgan fingerprint density at radius 1 is 1.41 bits per heavy atom. The molecule has 1 aliphatic rings. The van der Waals surface area contributed by atoms with Crippen LogP contribution in [0.25, 0.3) is 0 Å². The second-order valence-corrected chi connectivity index (χ2v) is 4.63. The van der Waals surface area contributed by atoms with Gasteiger partial charge in [-0.15, -0.1) is 0 Å². The Balaban J connectivity index is 1.99. The predicted molar refractivity (Wildman–Crippen MR) is 65.8 cm³/mol. The number of aromatic nitrogens is 2. The number of nitrogens with zero attached hydrogens (tertiary/aromatic N) is 2. The zero-order valence-electron chi connectivity index (χ0n) is 10.2. The molecule has 1 fully saturated rings. The molecule has 1 aromatic heterocycles. The van der Waals surface area contributed by atoms with Crippen molar-refractivity contribution in [3.8, 4) is 0 Å². The molecule has 0 aromatic carbocycles. The zero-order chi connectivity index (χ0) is 12.3. The van der Waals surface area contributed by atoms with Crippen LogP contribution >= 0.6 is 0 Å². The van der Waals surface area contributed by atoms with E-state index in [0.717, 1.165) is 12.8 Å². The molecule has 0 aliphatic heterocycles. The maximum atomic E-state index is 11.9. The fraction of sp³-hybridized carbons (Fsp3) is 0.583. The van der Waals surface area contributed by atoms with Gasteiger partial charge >= 0.3 is 0 Å². The molecule has 92 valence electrons. The number of carbonyl (C=O) groups is 1. The molecule has 0 radical (unpaired) electrons. The number of anilines is 1. The summed E-state index contributed by atoms with van der Waals surface area (Å²) in [5, 5.41) is 5.88. The van der Waals surface area contributed by atoms with Gasteiger partial charge in [-0.05, 0) is 25.2 Å². The van der Waals surface area contributed by atoms with Gasteiger partial charge in [-0.2, -0.15) is 0 Å². The Morgan fingerprint density at radius 2 is 2.24 bits per heavy atom. The topological polar surface area (TPSA) is 66.9 Å². The van der Waals surface area contributed by atoms with Crippen molar-refractivity contribution in [1.29, 1.82) is 0 Å². The van der Waals surface area contributed by atoms with Gasteiger partial charge in [0.2, 0.25) is 0 Å². The fourth-order valence-corrected chi connectivity index (χ4v) is 2.19. The minimum Gasteiger partial charge on any atom is -0.372 e. The highest BCUT2D eigenvalue weighted by atomic mass is 16.1. The molecule has 1 heterocycles. The Bertz CT molecular complexity index is 407. The maximum absolute atomic E-state index is 11.9. The highest BCUT2D eigenvalue weighted by Crippen LogP contribution is 2.24. The molecule has 0 saturated heterocycles. The van der Waals surface area contributed by atoms with E-state index in [1.165, 1.54) is 12.6 Å². The number of nitrogens with one attached hydrogen (secondary N) is 2. The van der Waals surface area contributed by atoms with Crippen LogP contribution in [0.2, 0.25) is 0 Å². The van der Waals surface area contributed by atoms with Gasteiger partial charge in [0.25, 0.3) is 5.91 Å². The van der Waals surface area contributed by atoms with Crippen LogP contribution < -0.4 is 10.6 Å². The molecule has 1 saturated carbocycles. The SMILES string of the molecule is CNc1cncc(C(=O)NC2CCC(C)C2)n1. The minimum absolute atomic E-state index is 0.131. The second kappa shape index (κ2) is 5.12. The largest absolute Gasteiger partial charge is 0.372 e. The molecule has 5 nitrogen and oxygen atoms in total. The van der Waals surface area contributed by atoms with Crippen LogP contribution in [0, 0.1) is 5.92 Å². The summed E-state index contributed by atoms with van der Waals surface area (Å²) in [6, 6.07) is 0.289. The average Bonchev–Trinajstić information content (AvgIpc) is 2.75. The normalized spacial score (nSPS) is 23.4. The number of hydrogen-bond donors (Lipinski definition) is 2. The van der Waals surface area contributed by atoms with E-state index in [4.69, 9.17) is 0 Å². The van der Waals surface area contributed by atoms with E-state index in [1.54, 1.807) is 13.2 Å². The third kappa shape index (κ3) is 2.93. The lowest BCUT2D eigenvalue weighted by atomic mass is 10.1. The molecule has 0 spiro atoms. The molecule has 2 atom stereocenters. The first kappa shape index (κ1) is 11.8. The smallest absolute Gasteiger partial charge is 0.271 e. The summed E-state index contributed by atoms with van der Waals surface area (Å²) in [5.41, 5.74) is 0.372. The Kier molecular flexibility index (Phi) is 3.56. The summed E-state index contributed by atoms with van der Waals surface area (Å²) >= 11 is 0. The molecular weight excluding hydrogens is 216 g/mol. The summed E-state index contributed by atoms with van der Waals surface area (Å²) in [6.45, 7) is 2.22. The van der Waals surface area contributed by atoms with Crippen LogP contribution in [0.5, 0.6) is 0 Å². The number of amides is 1. The van der Waals surface area contributed by atoms with Crippen LogP contribution in [0.15, 0.2) is 12.4 Å². The quantitative estimate of drug-likeness (QED) is 0.830. The zero-order valence-corrected chi connectivity index (χ0v) is 10.2. The van der Waals surface area contributed by atoms with Crippen molar-refractivity contribution in [2.24, 2.45) is 5.92 Å².